The van der Waals surface area contributed by atoms with Gasteiger partial charge >= 0.3 is 0 Å². The summed E-state index contributed by atoms with van der Waals surface area (Å²) in [6.45, 7) is 4.50. The fraction of sp³-hybridized carbons (Fsp3) is 0.238. The summed E-state index contributed by atoms with van der Waals surface area (Å²) in [5, 5.41) is 2.73. The summed E-state index contributed by atoms with van der Waals surface area (Å²) < 4.78 is 0. The normalized spacial score (nSPS) is 10.2. The van der Waals surface area contributed by atoms with E-state index in [0.29, 0.717) is 22.5 Å². The zero-order chi connectivity index (χ0) is 20.0. The van der Waals surface area contributed by atoms with Crippen LogP contribution in [0.1, 0.15) is 47.9 Å². The molecular formula is C21H22N2O4. The maximum atomic E-state index is 12.2. The van der Waals surface area contributed by atoms with Crippen molar-refractivity contribution in [2.24, 2.45) is 0 Å². The summed E-state index contributed by atoms with van der Waals surface area (Å²) in [6.07, 6.45) is 0.0776. The topological polar surface area (TPSA) is 83.6 Å². The largest absolute Gasteiger partial charge is 0.326 e. The molecule has 0 radical (unpaired) electrons. The van der Waals surface area contributed by atoms with E-state index in [0.717, 1.165) is 0 Å². The third-order valence-electron chi connectivity index (χ3n) is 4.06. The maximum Gasteiger partial charge on any atom is 0.226 e. The van der Waals surface area contributed by atoms with Crippen molar-refractivity contribution in [1.29, 1.82) is 0 Å². The molecule has 0 aliphatic heterocycles. The molecule has 0 bridgehead atoms. The summed E-state index contributed by atoms with van der Waals surface area (Å²) in [4.78, 5) is 48.7. The maximum absolute atomic E-state index is 12.2. The molecular weight excluding hydrogens is 344 g/mol. The van der Waals surface area contributed by atoms with Crippen LogP contribution in [0, 0.1) is 0 Å². The Hall–Kier alpha value is -3.28. The van der Waals surface area contributed by atoms with Crippen molar-refractivity contribution in [1.82, 2.24) is 0 Å². The van der Waals surface area contributed by atoms with E-state index >= 15 is 0 Å². The molecule has 2 aromatic rings. The third kappa shape index (κ3) is 5.60. The van der Waals surface area contributed by atoms with E-state index in [-0.39, 0.29) is 36.3 Å². The van der Waals surface area contributed by atoms with Crippen molar-refractivity contribution in [3.8, 4) is 0 Å². The Balaban J connectivity index is 2.05. The van der Waals surface area contributed by atoms with Crippen LogP contribution in [0.15, 0.2) is 48.5 Å². The third-order valence-corrected chi connectivity index (χ3v) is 4.06. The molecule has 6 nitrogen and oxygen atoms in total. The van der Waals surface area contributed by atoms with E-state index in [1.54, 1.807) is 48.5 Å². The second kappa shape index (κ2) is 8.89. The number of nitrogens with zero attached hydrogens (tertiary/aromatic N) is 1. The van der Waals surface area contributed by atoms with Gasteiger partial charge in [0.15, 0.2) is 11.6 Å². The molecule has 0 saturated heterocycles. The molecule has 0 aromatic heterocycles. The second-order valence-corrected chi connectivity index (χ2v) is 6.21. The Kier molecular flexibility index (Phi) is 6.60. The SMILES string of the molecule is CC(=O)c1cccc(NC(=O)CCN(C(C)=O)c2cccc(C(C)=O)c2)c1. The van der Waals surface area contributed by atoms with Crippen molar-refractivity contribution < 1.29 is 19.2 Å². The molecule has 0 spiro atoms. The molecule has 0 aliphatic rings. The van der Waals surface area contributed by atoms with E-state index in [1.807, 2.05) is 0 Å². The molecule has 0 fully saturated rings. The number of nitrogens with one attached hydrogen (secondary N) is 1. The van der Waals surface area contributed by atoms with Crippen LogP contribution in [0.4, 0.5) is 11.4 Å². The summed E-state index contributed by atoms with van der Waals surface area (Å²) in [7, 11) is 0. The average Bonchev–Trinajstić information content (AvgIpc) is 2.62. The Bertz CT molecular complexity index is 889. The number of ketones is 2. The minimum absolute atomic E-state index is 0.0776. The Labute approximate surface area is 158 Å². The highest BCUT2D eigenvalue weighted by Crippen LogP contribution is 2.18. The lowest BCUT2D eigenvalue weighted by atomic mass is 10.1. The van der Waals surface area contributed by atoms with Crippen LogP contribution in [-0.4, -0.2) is 29.9 Å². The van der Waals surface area contributed by atoms with Gasteiger partial charge in [0.1, 0.15) is 0 Å². The van der Waals surface area contributed by atoms with Crippen LogP contribution in [0.3, 0.4) is 0 Å². The van der Waals surface area contributed by atoms with Crippen molar-refractivity contribution in [3.63, 3.8) is 0 Å². The average molecular weight is 366 g/mol. The van der Waals surface area contributed by atoms with Gasteiger partial charge in [0, 0.05) is 42.4 Å². The number of hydrogen-bond donors (Lipinski definition) is 1. The van der Waals surface area contributed by atoms with E-state index < -0.39 is 0 Å². The predicted octanol–water partition coefficient (Wildman–Crippen LogP) is 3.47. The fourth-order valence-electron chi connectivity index (χ4n) is 2.61. The van der Waals surface area contributed by atoms with Gasteiger partial charge in [-0.05, 0) is 38.1 Å². The first-order valence-electron chi connectivity index (χ1n) is 8.58. The molecule has 1 N–H and O–H groups in total. The number of Topliss-reactive ketones (excluding diaryl/α,β-unsaturated/α-hetero) is 2. The minimum atomic E-state index is -0.273. The smallest absolute Gasteiger partial charge is 0.226 e. The van der Waals surface area contributed by atoms with Gasteiger partial charge < -0.3 is 10.2 Å². The van der Waals surface area contributed by atoms with Crippen LogP contribution in [0.5, 0.6) is 0 Å². The quantitative estimate of drug-likeness (QED) is 0.761. The van der Waals surface area contributed by atoms with Gasteiger partial charge in [-0.15, -0.1) is 0 Å². The van der Waals surface area contributed by atoms with E-state index in [1.165, 1.54) is 25.7 Å². The number of amides is 2. The van der Waals surface area contributed by atoms with Crippen LogP contribution < -0.4 is 10.2 Å². The summed E-state index contributed by atoms with van der Waals surface area (Å²) in [5.74, 6) is -0.672. The molecule has 0 saturated carbocycles. The first-order valence-corrected chi connectivity index (χ1v) is 8.58. The van der Waals surface area contributed by atoms with Gasteiger partial charge in [0.05, 0.1) is 0 Å². The van der Waals surface area contributed by atoms with Gasteiger partial charge in [-0.1, -0.05) is 24.3 Å². The first-order chi connectivity index (χ1) is 12.8. The molecule has 6 heteroatoms. The van der Waals surface area contributed by atoms with Crippen LogP contribution in [-0.2, 0) is 9.59 Å². The summed E-state index contributed by atoms with van der Waals surface area (Å²) in [5.41, 5.74) is 2.12. The molecule has 27 heavy (non-hydrogen) atoms. The van der Waals surface area contributed by atoms with Gasteiger partial charge in [-0.3, -0.25) is 19.2 Å². The molecule has 2 amide bonds. The van der Waals surface area contributed by atoms with Crippen LogP contribution in [0.2, 0.25) is 0 Å². The number of hydrogen-bond acceptors (Lipinski definition) is 4. The van der Waals surface area contributed by atoms with Crippen molar-refractivity contribution in [2.75, 3.05) is 16.8 Å². The number of benzene rings is 2. The fourth-order valence-corrected chi connectivity index (χ4v) is 2.61. The van der Waals surface area contributed by atoms with Crippen molar-refractivity contribution in [2.45, 2.75) is 27.2 Å². The van der Waals surface area contributed by atoms with Crippen LogP contribution >= 0.6 is 0 Å². The highest BCUT2D eigenvalue weighted by atomic mass is 16.2. The van der Waals surface area contributed by atoms with Gasteiger partial charge in [-0.2, -0.15) is 0 Å². The first kappa shape index (κ1) is 20.0. The van der Waals surface area contributed by atoms with Crippen LogP contribution in [0.25, 0.3) is 0 Å². The molecule has 0 unspecified atom stereocenters. The van der Waals surface area contributed by atoms with Gasteiger partial charge in [-0.25, -0.2) is 0 Å². The molecule has 2 aromatic carbocycles. The zero-order valence-electron chi connectivity index (χ0n) is 15.6. The predicted molar refractivity (Wildman–Crippen MR) is 104 cm³/mol. The molecule has 0 heterocycles. The van der Waals surface area contributed by atoms with Gasteiger partial charge in [0.25, 0.3) is 0 Å². The lowest BCUT2D eigenvalue weighted by Gasteiger charge is -2.21. The summed E-state index contributed by atoms with van der Waals surface area (Å²) in [6, 6.07) is 13.4. The molecule has 0 atom stereocenters. The monoisotopic (exact) mass is 366 g/mol. The lowest BCUT2D eigenvalue weighted by molar-refractivity contribution is -0.117. The number of rotatable bonds is 7. The highest BCUT2D eigenvalue weighted by molar-refractivity contribution is 5.99. The second-order valence-electron chi connectivity index (χ2n) is 6.21. The van der Waals surface area contributed by atoms with Gasteiger partial charge in [0.2, 0.25) is 11.8 Å². The standard InChI is InChI=1S/C21H22N2O4/c1-14(24)17-6-4-8-19(12-17)22-21(27)10-11-23(16(3)26)20-9-5-7-18(13-20)15(2)25/h4-9,12-13H,10-11H2,1-3H3,(H,22,27). The number of anilines is 2. The Morgan fingerprint density at radius 1 is 0.852 bits per heavy atom. The van der Waals surface area contributed by atoms with E-state index in [9.17, 15) is 19.2 Å². The van der Waals surface area contributed by atoms with Crippen molar-refractivity contribution >= 4 is 34.8 Å². The van der Waals surface area contributed by atoms with E-state index in [2.05, 4.69) is 5.32 Å². The van der Waals surface area contributed by atoms with Crippen molar-refractivity contribution in [3.05, 3.63) is 59.7 Å². The molecule has 0 aliphatic carbocycles. The molecule has 2 rings (SSSR count). The molecule has 140 valence electrons. The number of carbonyl (C=O) groups is 4. The van der Waals surface area contributed by atoms with E-state index in [4.69, 9.17) is 0 Å². The lowest BCUT2D eigenvalue weighted by Crippen LogP contribution is -2.32. The highest BCUT2D eigenvalue weighted by Gasteiger charge is 2.15. The number of carbonyl (C=O) groups excluding carboxylic acids is 4. The zero-order valence-corrected chi connectivity index (χ0v) is 15.6. The Morgan fingerprint density at radius 3 is 2.04 bits per heavy atom. The summed E-state index contributed by atoms with van der Waals surface area (Å²) >= 11 is 0. The minimum Gasteiger partial charge on any atom is -0.326 e. The Morgan fingerprint density at radius 2 is 1.44 bits per heavy atom.